The number of H-pyrrole nitrogens is 1. The van der Waals surface area contributed by atoms with Crippen LogP contribution in [-0.4, -0.2) is 42.1 Å². The van der Waals surface area contributed by atoms with E-state index in [-0.39, 0.29) is 46.0 Å². The Kier molecular flexibility index (Phi) is 7.43. The molecule has 10 nitrogen and oxygen atoms in total. The number of nitrogens with two attached hydrogens (primary N) is 2. The SMILES string of the molecule is Cc1ccc(S(=O)(=O)CC(C)C)cc1Nc1nc(N[C@H]2CCCC[C@@H]2N)[nH]c(=O)c1C(N)=O. The van der Waals surface area contributed by atoms with Gasteiger partial charge in [0.05, 0.1) is 10.6 Å². The number of rotatable bonds is 8. The molecule has 1 heterocycles. The molecular formula is C22H32N6O4S. The molecule has 0 bridgehead atoms. The predicted molar refractivity (Wildman–Crippen MR) is 129 cm³/mol. The summed E-state index contributed by atoms with van der Waals surface area (Å²) < 4.78 is 25.4. The number of anilines is 3. The average molecular weight is 477 g/mol. The quantitative estimate of drug-likeness (QED) is 0.385. The lowest BCUT2D eigenvalue weighted by Crippen LogP contribution is -2.43. The Morgan fingerprint density at radius 3 is 2.61 bits per heavy atom. The first-order chi connectivity index (χ1) is 15.5. The maximum Gasteiger partial charge on any atom is 0.267 e. The molecule has 33 heavy (non-hydrogen) atoms. The second-order valence-corrected chi connectivity index (χ2v) is 11.0. The van der Waals surface area contributed by atoms with Crippen LogP contribution >= 0.6 is 0 Å². The van der Waals surface area contributed by atoms with Crippen LogP contribution in [0.15, 0.2) is 27.9 Å². The fourth-order valence-electron chi connectivity index (χ4n) is 3.97. The minimum atomic E-state index is -3.51. The minimum absolute atomic E-state index is 0.000996. The molecule has 0 spiro atoms. The zero-order valence-electron chi connectivity index (χ0n) is 19.1. The number of aromatic amines is 1. The van der Waals surface area contributed by atoms with Crippen molar-refractivity contribution in [3.05, 3.63) is 39.7 Å². The minimum Gasteiger partial charge on any atom is -0.365 e. The topological polar surface area (TPSA) is 173 Å². The molecule has 2 aromatic rings. The number of nitrogens with one attached hydrogen (secondary N) is 3. The van der Waals surface area contributed by atoms with Crippen molar-refractivity contribution in [3.8, 4) is 0 Å². The summed E-state index contributed by atoms with van der Waals surface area (Å²) in [5, 5.41) is 6.11. The number of hydrogen-bond acceptors (Lipinski definition) is 8. The molecule has 11 heteroatoms. The van der Waals surface area contributed by atoms with Gasteiger partial charge in [-0.3, -0.25) is 14.6 Å². The van der Waals surface area contributed by atoms with Gasteiger partial charge in [-0.2, -0.15) is 4.98 Å². The van der Waals surface area contributed by atoms with Crippen molar-refractivity contribution >= 4 is 33.2 Å². The van der Waals surface area contributed by atoms with Crippen LogP contribution < -0.4 is 27.7 Å². The van der Waals surface area contributed by atoms with Crippen molar-refractivity contribution < 1.29 is 13.2 Å². The number of nitrogens with zero attached hydrogens (tertiary/aromatic N) is 1. The van der Waals surface area contributed by atoms with Gasteiger partial charge in [0.15, 0.2) is 15.7 Å². The number of sulfone groups is 1. The van der Waals surface area contributed by atoms with Crippen molar-refractivity contribution in [2.75, 3.05) is 16.4 Å². The number of aromatic nitrogens is 2. The highest BCUT2D eigenvalue weighted by atomic mass is 32.2. The van der Waals surface area contributed by atoms with E-state index in [0.29, 0.717) is 11.3 Å². The van der Waals surface area contributed by atoms with Crippen LogP contribution in [0.25, 0.3) is 0 Å². The first kappa shape index (κ1) is 24.7. The Bertz CT molecular complexity index is 1190. The third kappa shape index (κ3) is 5.91. The molecule has 1 amide bonds. The van der Waals surface area contributed by atoms with Gasteiger partial charge in [-0.25, -0.2) is 8.42 Å². The Hall–Kier alpha value is -2.92. The van der Waals surface area contributed by atoms with E-state index in [2.05, 4.69) is 20.6 Å². The summed E-state index contributed by atoms with van der Waals surface area (Å²) >= 11 is 0. The lowest BCUT2D eigenvalue weighted by molar-refractivity contribution is 0.0999. The monoisotopic (exact) mass is 476 g/mol. The molecule has 1 aromatic carbocycles. The van der Waals surface area contributed by atoms with Crippen molar-refractivity contribution in [1.82, 2.24) is 9.97 Å². The second-order valence-electron chi connectivity index (χ2n) is 8.98. The summed E-state index contributed by atoms with van der Waals surface area (Å²) in [5.74, 6) is -0.881. The number of aryl methyl sites for hydroxylation is 1. The van der Waals surface area contributed by atoms with E-state index in [1.165, 1.54) is 12.1 Å². The first-order valence-electron chi connectivity index (χ1n) is 11.0. The molecule has 180 valence electrons. The van der Waals surface area contributed by atoms with Gasteiger partial charge in [0.25, 0.3) is 11.5 Å². The van der Waals surface area contributed by atoms with Crippen molar-refractivity contribution in [2.24, 2.45) is 17.4 Å². The summed E-state index contributed by atoms with van der Waals surface area (Å²) in [6.45, 7) is 5.44. The highest BCUT2D eigenvalue weighted by molar-refractivity contribution is 7.91. The second kappa shape index (κ2) is 9.92. The number of hydrogen-bond donors (Lipinski definition) is 5. The maximum absolute atomic E-state index is 12.7. The lowest BCUT2D eigenvalue weighted by atomic mass is 9.91. The largest absolute Gasteiger partial charge is 0.365 e. The zero-order chi connectivity index (χ0) is 24.3. The van der Waals surface area contributed by atoms with E-state index >= 15 is 0 Å². The number of carbonyl (C=O) groups is 1. The maximum atomic E-state index is 12.7. The Morgan fingerprint density at radius 2 is 1.97 bits per heavy atom. The highest BCUT2D eigenvalue weighted by Gasteiger charge is 2.24. The van der Waals surface area contributed by atoms with Gasteiger partial charge in [-0.1, -0.05) is 32.8 Å². The van der Waals surface area contributed by atoms with Gasteiger partial charge in [0.1, 0.15) is 5.56 Å². The number of benzene rings is 1. The fourth-order valence-corrected chi connectivity index (χ4v) is 5.61. The number of amides is 1. The van der Waals surface area contributed by atoms with Gasteiger partial charge in [0, 0.05) is 17.8 Å². The molecule has 0 unspecified atom stereocenters. The molecule has 0 radical (unpaired) electrons. The highest BCUT2D eigenvalue weighted by Crippen LogP contribution is 2.26. The predicted octanol–water partition coefficient (Wildman–Crippen LogP) is 2.03. The molecule has 1 aliphatic rings. The lowest BCUT2D eigenvalue weighted by Gasteiger charge is -2.29. The van der Waals surface area contributed by atoms with Gasteiger partial charge >= 0.3 is 0 Å². The molecule has 0 aliphatic heterocycles. The third-order valence-electron chi connectivity index (χ3n) is 5.68. The van der Waals surface area contributed by atoms with Crippen LogP contribution in [0.5, 0.6) is 0 Å². The van der Waals surface area contributed by atoms with E-state index in [4.69, 9.17) is 11.5 Å². The van der Waals surface area contributed by atoms with E-state index in [1.807, 2.05) is 13.8 Å². The van der Waals surface area contributed by atoms with E-state index in [0.717, 1.165) is 25.7 Å². The molecule has 7 N–H and O–H groups in total. The van der Waals surface area contributed by atoms with E-state index in [1.54, 1.807) is 13.0 Å². The van der Waals surface area contributed by atoms with Crippen molar-refractivity contribution in [3.63, 3.8) is 0 Å². The Balaban J connectivity index is 2.00. The molecule has 1 aromatic heterocycles. The molecule has 1 saturated carbocycles. The van der Waals surface area contributed by atoms with Crippen LogP contribution in [0.4, 0.5) is 17.5 Å². The fraction of sp³-hybridized carbons (Fsp3) is 0.500. The molecular weight excluding hydrogens is 444 g/mol. The van der Waals surface area contributed by atoms with Crippen LogP contribution in [0, 0.1) is 12.8 Å². The molecule has 2 atom stereocenters. The summed E-state index contributed by atoms with van der Waals surface area (Å²) in [4.78, 5) is 31.7. The summed E-state index contributed by atoms with van der Waals surface area (Å²) in [6, 6.07) is 4.52. The normalized spacial score (nSPS) is 18.8. The van der Waals surface area contributed by atoms with Gasteiger partial charge in [0.2, 0.25) is 5.95 Å². The number of primary amides is 1. The smallest absolute Gasteiger partial charge is 0.267 e. The van der Waals surface area contributed by atoms with Gasteiger partial charge in [-0.15, -0.1) is 0 Å². The van der Waals surface area contributed by atoms with Gasteiger partial charge in [-0.05, 0) is 43.4 Å². The van der Waals surface area contributed by atoms with Gasteiger partial charge < -0.3 is 22.1 Å². The van der Waals surface area contributed by atoms with Crippen molar-refractivity contribution in [1.29, 1.82) is 0 Å². The zero-order valence-corrected chi connectivity index (χ0v) is 20.0. The summed E-state index contributed by atoms with van der Waals surface area (Å²) in [5.41, 5.74) is 11.7. The summed E-state index contributed by atoms with van der Waals surface area (Å²) in [6.07, 6.45) is 3.76. The van der Waals surface area contributed by atoms with Crippen molar-refractivity contribution in [2.45, 2.75) is 63.4 Å². The standard InChI is InChI=1S/C22H32N6O4S/c1-12(2)11-33(31,32)14-9-8-13(3)17(10-14)25-20-18(19(24)29)21(30)28-22(27-20)26-16-7-5-4-6-15(16)23/h8-10,12,15-16H,4-7,11,23H2,1-3H3,(H2,24,29)(H3,25,26,27,28,30)/t15-,16-/m0/s1. The van der Waals surface area contributed by atoms with E-state index in [9.17, 15) is 18.0 Å². The first-order valence-corrected chi connectivity index (χ1v) is 12.7. The van der Waals surface area contributed by atoms with Crippen LogP contribution in [0.3, 0.4) is 0 Å². The summed E-state index contributed by atoms with van der Waals surface area (Å²) in [7, 11) is -3.51. The van der Waals surface area contributed by atoms with Crippen LogP contribution in [-0.2, 0) is 9.84 Å². The molecule has 1 fully saturated rings. The Morgan fingerprint density at radius 1 is 1.27 bits per heavy atom. The number of carbonyl (C=O) groups excluding carboxylic acids is 1. The molecule has 3 rings (SSSR count). The van der Waals surface area contributed by atoms with E-state index < -0.39 is 21.3 Å². The van der Waals surface area contributed by atoms with Crippen LogP contribution in [0.2, 0.25) is 0 Å². The van der Waals surface area contributed by atoms with Crippen LogP contribution in [0.1, 0.15) is 55.5 Å². The molecule has 0 saturated heterocycles. The Labute approximate surface area is 193 Å². The molecule has 1 aliphatic carbocycles. The third-order valence-corrected chi connectivity index (χ3v) is 7.76. The average Bonchev–Trinajstić information content (AvgIpc) is 2.69.